The third kappa shape index (κ3) is 2.84. The normalized spacial score (nSPS) is 11.4. The number of carbonyl (C=O) groups excluding carboxylic acids is 1. The van der Waals surface area contributed by atoms with Crippen LogP contribution in [0.1, 0.15) is 50.4 Å². The Morgan fingerprint density at radius 1 is 1.31 bits per heavy atom. The summed E-state index contributed by atoms with van der Waals surface area (Å²) >= 11 is 0. The van der Waals surface area contributed by atoms with Gasteiger partial charge in [0.1, 0.15) is 5.75 Å². The molecule has 16 heavy (non-hydrogen) atoms. The number of ketones is 1. The van der Waals surface area contributed by atoms with Gasteiger partial charge in [-0.3, -0.25) is 4.79 Å². The lowest BCUT2D eigenvalue weighted by Gasteiger charge is -2.23. The van der Waals surface area contributed by atoms with Gasteiger partial charge in [-0.1, -0.05) is 45.7 Å². The van der Waals surface area contributed by atoms with Crippen molar-refractivity contribution in [3.05, 3.63) is 29.8 Å². The molecule has 0 heterocycles. The van der Waals surface area contributed by atoms with Gasteiger partial charge < -0.3 is 5.11 Å². The maximum Gasteiger partial charge on any atom is 0.172 e. The van der Waals surface area contributed by atoms with Gasteiger partial charge in [-0.15, -0.1) is 0 Å². The molecule has 0 spiro atoms. The summed E-state index contributed by atoms with van der Waals surface area (Å²) in [7, 11) is 0. The first-order valence-electron chi connectivity index (χ1n) is 5.82. The van der Waals surface area contributed by atoms with Gasteiger partial charge in [-0.05, 0) is 18.6 Å². The van der Waals surface area contributed by atoms with Crippen LogP contribution in [-0.2, 0) is 0 Å². The van der Waals surface area contributed by atoms with Gasteiger partial charge >= 0.3 is 0 Å². The van der Waals surface area contributed by atoms with E-state index in [1.165, 1.54) is 0 Å². The van der Waals surface area contributed by atoms with Crippen LogP contribution >= 0.6 is 0 Å². The van der Waals surface area contributed by atoms with Gasteiger partial charge in [0, 0.05) is 5.41 Å². The highest BCUT2D eigenvalue weighted by molar-refractivity contribution is 6.02. The molecule has 1 aromatic carbocycles. The monoisotopic (exact) mass is 220 g/mol. The number of hydrogen-bond acceptors (Lipinski definition) is 2. The summed E-state index contributed by atoms with van der Waals surface area (Å²) < 4.78 is 0. The van der Waals surface area contributed by atoms with Crippen LogP contribution in [0.15, 0.2) is 24.3 Å². The van der Waals surface area contributed by atoms with Crippen LogP contribution in [0.5, 0.6) is 5.75 Å². The highest BCUT2D eigenvalue weighted by atomic mass is 16.3. The quantitative estimate of drug-likeness (QED) is 0.766. The Bertz CT molecular complexity index is 367. The van der Waals surface area contributed by atoms with Crippen molar-refractivity contribution in [3.8, 4) is 5.75 Å². The largest absolute Gasteiger partial charge is 0.507 e. The van der Waals surface area contributed by atoms with Crippen molar-refractivity contribution in [1.82, 2.24) is 0 Å². The molecule has 88 valence electrons. The average Bonchev–Trinajstić information content (AvgIpc) is 2.26. The van der Waals surface area contributed by atoms with Gasteiger partial charge in [-0.2, -0.15) is 0 Å². The van der Waals surface area contributed by atoms with E-state index in [0.29, 0.717) is 5.56 Å². The molecule has 0 amide bonds. The van der Waals surface area contributed by atoms with E-state index in [4.69, 9.17) is 0 Å². The molecule has 1 N–H and O–H groups in total. The molecule has 0 saturated carbocycles. The first-order valence-corrected chi connectivity index (χ1v) is 5.82. The molecule has 0 atom stereocenters. The van der Waals surface area contributed by atoms with E-state index in [0.717, 1.165) is 19.3 Å². The summed E-state index contributed by atoms with van der Waals surface area (Å²) in [4.78, 5) is 12.2. The van der Waals surface area contributed by atoms with E-state index < -0.39 is 5.41 Å². The minimum Gasteiger partial charge on any atom is -0.507 e. The van der Waals surface area contributed by atoms with E-state index in [1.54, 1.807) is 24.3 Å². The molecular formula is C14H20O2. The molecule has 2 heteroatoms. The molecule has 0 saturated heterocycles. The van der Waals surface area contributed by atoms with Gasteiger partial charge in [0.15, 0.2) is 5.78 Å². The third-order valence-electron chi connectivity index (χ3n) is 2.92. The highest BCUT2D eigenvalue weighted by Gasteiger charge is 2.29. The fraction of sp³-hybridized carbons (Fsp3) is 0.500. The average molecular weight is 220 g/mol. The summed E-state index contributed by atoms with van der Waals surface area (Å²) in [6.07, 6.45) is 2.97. The second kappa shape index (κ2) is 5.15. The fourth-order valence-electron chi connectivity index (χ4n) is 1.76. The standard InChI is InChI=1S/C14H20O2/c1-4-5-10-14(2,3)13(16)11-8-6-7-9-12(11)15/h6-9,15H,4-5,10H2,1-3H3. The van der Waals surface area contributed by atoms with Crippen molar-refractivity contribution in [1.29, 1.82) is 0 Å². The van der Waals surface area contributed by atoms with E-state index in [1.807, 2.05) is 13.8 Å². The summed E-state index contributed by atoms with van der Waals surface area (Å²) in [5.41, 5.74) is 0.0399. The summed E-state index contributed by atoms with van der Waals surface area (Å²) in [5, 5.41) is 9.65. The van der Waals surface area contributed by atoms with E-state index >= 15 is 0 Å². The predicted octanol–water partition coefficient (Wildman–Crippen LogP) is 3.79. The Hall–Kier alpha value is -1.31. The van der Waals surface area contributed by atoms with E-state index in [2.05, 4.69) is 6.92 Å². The van der Waals surface area contributed by atoms with Gasteiger partial charge in [0.2, 0.25) is 0 Å². The molecule has 1 aromatic rings. The van der Waals surface area contributed by atoms with Crippen molar-refractivity contribution in [2.24, 2.45) is 5.41 Å². The minimum absolute atomic E-state index is 0.0269. The lowest BCUT2D eigenvalue weighted by atomic mass is 9.80. The number of aromatic hydroxyl groups is 1. The summed E-state index contributed by atoms with van der Waals surface area (Å²) in [6, 6.07) is 6.75. The Morgan fingerprint density at radius 2 is 1.94 bits per heavy atom. The zero-order valence-electron chi connectivity index (χ0n) is 10.3. The van der Waals surface area contributed by atoms with Crippen LogP contribution in [0.3, 0.4) is 0 Å². The maximum absolute atomic E-state index is 12.2. The Morgan fingerprint density at radius 3 is 2.50 bits per heavy atom. The maximum atomic E-state index is 12.2. The zero-order valence-corrected chi connectivity index (χ0v) is 10.3. The van der Waals surface area contributed by atoms with Crippen molar-refractivity contribution < 1.29 is 9.90 Å². The number of phenols is 1. The molecule has 0 unspecified atom stereocenters. The van der Waals surface area contributed by atoms with Crippen molar-refractivity contribution in [3.63, 3.8) is 0 Å². The topological polar surface area (TPSA) is 37.3 Å². The Labute approximate surface area is 97.3 Å². The molecule has 0 aliphatic carbocycles. The number of benzene rings is 1. The van der Waals surface area contributed by atoms with Crippen molar-refractivity contribution in [2.45, 2.75) is 40.0 Å². The van der Waals surface area contributed by atoms with Gasteiger partial charge in [0.25, 0.3) is 0 Å². The first kappa shape index (κ1) is 12.8. The van der Waals surface area contributed by atoms with Crippen LogP contribution in [-0.4, -0.2) is 10.9 Å². The summed E-state index contributed by atoms with van der Waals surface area (Å²) in [5.74, 6) is 0.108. The first-order chi connectivity index (χ1) is 7.49. The fourth-order valence-corrected chi connectivity index (χ4v) is 1.76. The second-order valence-corrected chi connectivity index (χ2v) is 4.83. The van der Waals surface area contributed by atoms with E-state index in [-0.39, 0.29) is 11.5 Å². The van der Waals surface area contributed by atoms with Gasteiger partial charge in [-0.25, -0.2) is 0 Å². The molecular weight excluding hydrogens is 200 g/mol. The smallest absolute Gasteiger partial charge is 0.172 e. The molecule has 1 rings (SSSR count). The van der Waals surface area contributed by atoms with Crippen molar-refractivity contribution in [2.75, 3.05) is 0 Å². The van der Waals surface area contributed by atoms with Crippen molar-refractivity contribution >= 4 is 5.78 Å². The Kier molecular flexibility index (Phi) is 4.11. The van der Waals surface area contributed by atoms with Crippen LogP contribution in [0, 0.1) is 5.41 Å². The molecule has 2 nitrogen and oxygen atoms in total. The molecule has 0 bridgehead atoms. The summed E-state index contributed by atoms with van der Waals surface area (Å²) in [6.45, 7) is 6.00. The molecule has 0 fully saturated rings. The molecule has 0 aliphatic rings. The van der Waals surface area contributed by atoms with Crippen LogP contribution in [0.4, 0.5) is 0 Å². The number of hydrogen-bond donors (Lipinski definition) is 1. The van der Waals surface area contributed by atoms with E-state index in [9.17, 15) is 9.90 Å². The minimum atomic E-state index is -0.394. The number of para-hydroxylation sites is 1. The SMILES string of the molecule is CCCCC(C)(C)C(=O)c1ccccc1O. The van der Waals surface area contributed by atoms with Crippen LogP contribution in [0.25, 0.3) is 0 Å². The number of rotatable bonds is 5. The number of carbonyl (C=O) groups is 1. The number of unbranched alkanes of at least 4 members (excludes halogenated alkanes) is 1. The molecule has 0 aromatic heterocycles. The van der Waals surface area contributed by atoms with Crippen LogP contribution in [0.2, 0.25) is 0 Å². The third-order valence-corrected chi connectivity index (χ3v) is 2.92. The highest BCUT2D eigenvalue weighted by Crippen LogP contribution is 2.31. The number of phenolic OH excluding ortho intramolecular Hbond substituents is 1. The lowest BCUT2D eigenvalue weighted by molar-refractivity contribution is 0.0820. The molecule has 0 aliphatic heterocycles. The van der Waals surface area contributed by atoms with Crippen LogP contribution < -0.4 is 0 Å². The lowest BCUT2D eigenvalue weighted by Crippen LogP contribution is -2.24. The number of Topliss-reactive ketones (excluding diaryl/α,β-unsaturated/α-hetero) is 1. The second-order valence-electron chi connectivity index (χ2n) is 4.83. The predicted molar refractivity (Wildman–Crippen MR) is 65.7 cm³/mol. The molecule has 0 radical (unpaired) electrons. The van der Waals surface area contributed by atoms with Gasteiger partial charge in [0.05, 0.1) is 5.56 Å². The Balaban J connectivity index is 2.89. The zero-order chi connectivity index (χ0) is 12.2.